The van der Waals surface area contributed by atoms with Crippen molar-refractivity contribution in [2.75, 3.05) is 50.9 Å². The monoisotopic (exact) mass is 519 g/mol. The van der Waals surface area contributed by atoms with Crippen LogP contribution in [0.15, 0.2) is 30.5 Å². The van der Waals surface area contributed by atoms with Gasteiger partial charge in [-0.1, -0.05) is 18.2 Å². The standard InChI is InChI=1S/C28H37N7O3/c1-28(2,37)19-7-9-33(10-8-19)18-23-30-24-26(34-12-15-38-16-13-34)31-25(32-27(24)35(23)11-14-36)21-17-29-22-6-4-3-5-20(21)22/h3-6,17,19,29,36-37H,7-16,18H2,1-2H3. The lowest BCUT2D eigenvalue weighted by Crippen LogP contribution is -2.41. The van der Waals surface area contributed by atoms with E-state index in [1.165, 1.54) is 0 Å². The van der Waals surface area contributed by atoms with Gasteiger partial charge in [-0.05, 0) is 51.8 Å². The van der Waals surface area contributed by atoms with Gasteiger partial charge in [-0.2, -0.15) is 0 Å². The molecule has 6 rings (SSSR count). The SMILES string of the molecule is CC(C)(O)C1CCN(Cc2nc3c(N4CCOCC4)nc(-c4c[nH]c5ccccc45)nc3n2CCO)CC1. The number of fused-ring (bicyclic) bond motifs is 2. The van der Waals surface area contributed by atoms with Crippen LogP contribution in [0.25, 0.3) is 33.5 Å². The topological polar surface area (TPSA) is 116 Å². The van der Waals surface area contributed by atoms with Gasteiger partial charge in [-0.25, -0.2) is 15.0 Å². The van der Waals surface area contributed by atoms with Crippen molar-refractivity contribution in [2.24, 2.45) is 5.92 Å². The number of aromatic nitrogens is 5. The first-order valence-corrected chi connectivity index (χ1v) is 13.6. The average molecular weight is 520 g/mol. The number of benzene rings is 1. The van der Waals surface area contributed by atoms with Gasteiger partial charge >= 0.3 is 0 Å². The minimum atomic E-state index is -0.655. The summed E-state index contributed by atoms with van der Waals surface area (Å²) in [5.74, 6) is 2.65. The maximum absolute atomic E-state index is 10.5. The number of imidazole rings is 1. The largest absolute Gasteiger partial charge is 0.395 e. The van der Waals surface area contributed by atoms with E-state index < -0.39 is 5.60 Å². The van der Waals surface area contributed by atoms with Crippen molar-refractivity contribution in [1.82, 2.24) is 29.4 Å². The summed E-state index contributed by atoms with van der Waals surface area (Å²) in [7, 11) is 0. The Hall–Kier alpha value is -3.05. The Morgan fingerprint density at radius 2 is 1.82 bits per heavy atom. The Kier molecular flexibility index (Phi) is 6.81. The number of para-hydroxylation sites is 1. The van der Waals surface area contributed by atoms with Crippen LogP contribution in [0.3, 0.4) is 0 Å². The Bertz CT molecular complexity index is 1410. The second-order valence-electron chi connectivity index (χ2n) is 11.0. The van der Waals surface area contributed by atoms with Gasteiger partial charge in [0.25, 0.3) is 0 Å². The first-order valence-electron chi connectivity index (χ1n) is 13.6. The fourth-order valence-electron chi connectivity index (χ4n) is 5.86. The first-order chi connectivity index (χ1) is 18.4. The summed E-state index contributed by atoms with van der Waals surface area (Å²) >= 11 is 0. The summed E-state index contributed by atoms with van der Waals surface area (Å²) in [4.78, 5) is 23.2. The highest BCUT2D eigenvalue weighted by molar-refractivity contribution is 5.95. The summed E-state index contributed by atoms with van der Waals surface area (Å²) in [5.41, 5.74) is 2.85. The zero-order valence-electron chi connectivity index (χ0n) is 22.2. The molecule has 202 valence electrons. The van der Waals surface area contributed by atoms with Gasteiger partial charge in [0.05, 0.1) is 32.0 Å². The predicted molar refractivity (Wildman–Crippen MR) is 147 cm³/mol. The Balaban J connectivity index is 1.42. The molecule has 3 N–H and O–H groups in total. The van der Waals surface area contributed by atoms with Crippen LogP contribution in [0.5, 0.6) is 0 Å². The van der Waals surface area contributed by atoms with Gasteiger partial charge in [0.2, 0.25) is 0 Å². The average Bonchev–Trinajstić information content (AvgIpc) is 3.50. The molecule has 10 nitrogen and oxygen atoms in total. The van der Waals surface area contributed by atoms with Crippen LogP contribution in [-0.4, -0.2) is 91.2 Å². The lowest BCUT2D eigenvalue weighted by molar-refractivity contribution is -0.0140. The molecule has 2 fully saturated rings. The number of hydrogen-bond acceptors (Lipinski definition) is 8. The van der Waals surface area contributed by atoms with E-state index in [1.54, 1.807) is 0 Å². The Morgan fingerprint density at radius 1 is 1.05 bits per heavy atom. The van der Waals surface area contributed by atoms with Crippen LogP contribution >= 0.6 is 0 Å². The highest BCUT2D eigenvalue weighted by Gasteiger charge is 2.31. The van der Waals surface area contributed by atoms with Crippen LogP contribution in [-0.2, 0) is 17.8 Å². The fraction of sp³-hybridized carbons (Fsp3) is 0.536. The van der Waals surface area contributed by atoms with Gasteiger partial charge in [0.15, 0.2) is 22.8 Å². The van der Waals surface area contributed by atoms with Crippen molar-refractivity contribution < 1.29 is 14.9 Å². The van der Waals surface area contributed by atoms with Crippen LogP contribution in [0.4, 0.5) is 5.82 Å². The summed E-state index contributed by atoms with van der Waals surface area (Å²) in [6, 6.07) is 8.17. The number of aliphatic hydroxyl groups is 2. The van der Waals surface area contributed by atoms with E-state index in [0.29, 0.717) is 38.0 Å². The number of rotatable bonds is 7. The third kappa shape index (κ3) is 4.77. The molecule has 2 saturated heterocycles. The lowest BCUT2D eigenvalue weighted by atomic mass is 9.83. The normalized spacial score (nSPS) is 18.2. The molecule has 38 heavy (non-hydrogen) atoms. The molecule has 4 aromatic rings. The highest BCUT2D eigenvalue weighted by Crippen LogP contribution is 2.33. The number of hydrogen-bond donors (Lipinski definition) is 3. The predicted octanol–water partition coefficient (Wildman–Crippen LogP) is 2.79. The Morgan fingerprint density at radius 3 is 2.55 bits per heavy atom. The maximum atomic E-state index is 10.5. The van der Waals surface area contributed by atoms with Gasteiger partial charge in [0, 0.05) is 42.3 Å². The second kappa shape index (κ2) is 10.3. The van der Waals surface area contributed by atoms with Gasteiger partial charge in [0.1, 0.15) is 5.82 Å². The number of anilines is 1. The minimum absolute atomic E-state index is 0.00144. The fourth-order valence-corrected chi connectivity index (χ4v) is 5.86. The molecule has 2 aliphatic heterocycles. The van der Waals surface area contributed by atoms with Crippen molar-refractivity contribution in [3.8, 4) is 11.4 Å². The minimum Gasteiger partial charge on any atom is -0.395 e. The van der Waals surface area contributed by atoms with Gasteiger partial charge < -0.3 is 29.4 Å². The third-order valence-electron chi connectivity index (χ3n) is 8.07. The van der Waals surface area contributed by atoms with E-state index in [4.69, 9.17) is 19.7 Å². The van der Waals surface area contributed by atoms with E-state index in [2.05, 4.69) is 31.5 Å². The molecule has 0 spiro atoms. The van der Waals surface area contributed by atoms with E-state index >= 15 is 0 Å². The smallest absolute Gasteiger partial charge is 0.166 e. The lowest BCUT2D eigenvalue weighted by Gasteiger charge is -2.37. The number of nitrogens with zero attached hydrogens (tertiary/aromatic N) is 6. The number of morpholine rings is 1. The summed E-state index contributed by atoms with van der Waals surface area (Å²) in [6.45, 7) is 9.48. The molecule has 10 heteroatoms. The number of aromatic amines is 1. The second-order valence-corrected chi connectivity index (χ2v) is 11.0. The number of ether oxygens (including phenoxy) is 1. The molecule has 2 aliphatic rings. The van der Waals surface area contributed by atoms with E-state index in [9.17, 15) is 10.2 Å². The summed E-state index contributed by atoms with van der Waals surface area (Å²) < 4.78 is 7.68. The molecular weight excluding hydrogens is 482 g/mol. The molecule has 0 radical (unpaired) electrons. The van der Waals surface area contributed by atoms with Crippen molar-refractivity contribution in [1.29, 1.82) is 0 Å². The molecule has 5 heterocycles. The molecule has 0 atom stereocenters. The number of H-pyrrole nitrogens is 1. The molecule has 0 aliphatic carbocycles. The highest BCUT2D eigenvalue weighted by atomic mass is 16.5. The zero-order chi connectivity index (χ0) is 26.3. The third-order valence-corrected chi connectivity index (χ3v) is 8.07. The zero-order valence-corrected chi connectivity index (χ0v) is 22.2. The molecule has 1 aromatic carbocycles. The molecular formula is C28H37N7O3. The van der Waals surface area contributed by atoms with Crippen LogP contribution in [0.1, 0.15) is 32.5 Å². The van der Waals surface area contributed by atoms with Crippen molar-refractivity contribution in [3.05, 3.63) is 36.3 Å². The van der Waals surface area contributed by atoms with E-state index in [1.807, 2.05) is 32.2 Å². The Labute approximate surface area is 222 Å². The number of piperidine rings is 1. The van der Waals surface area contributed by atoms with E-state index in [-0.39, 0.29) is 6.61 Å². The van der Waals surface area contributed by atoms with Crippen molar-refractivity contribution in [2.45, 2.75) is 45.4 Å². The summed E-state index contributed by atoms with van der Waals surface area (Å²) in [5, 5.41) is 21.5. The molecule has 3 aromatic heterocycles. The van der Waals surface area contributed by atoms with Crippen molar-refractivity contribution >= 4 is 27.9 Å². The first kappa shape index (κ1) is 25.2. The quantitative estimate of drug-likeness (QED) is 0.341. The molecule has 0 saturated carbocycles. The number of nitrogens with one attached hydrogen (secondary N) is 1. The van der Waals surface area contributed by atoms with Gasteiger partial charge in [-0.3, -0.25) is 4.90 Å². The summed E-state index contributed by atoms with van der Waals surface area (Å²) in [6.07, 6.45) is 3.87. The maximum Gasteiger partial charge on any atom is 0.166 e. The molecule has 0 unspecified atom stereocenters. The number of likely N-dealkylation sites (tertiary alicyclic amines) is 1. The molecule has 0 amide bonds. The molecule has 0 bridgehead atoms. The van der Waals surface area contributed by atoms with E-state index in [0.717, 1.165) is 78.3 Å². The van der Waals surface area contributed by atoms with Crippen LogP contribution in [0.2, 0.25) is 0 Å². The van der Waals surface area contributed by atoms with Crippen molar-refractivity contribution in [3.63, 3.8) is 0 Å². The van der Waals surface area contributed by atoms with Crippen LogP contribution in [0, 0.1) is 5.92 Å². The van der Waals surface area contributed by atoms with Gasteiger partial charge in [-0.15, -0.1) is 0 Å². The van der Waals surface area contributed by atoms with Crippen LogP contribution < -0.4 is 4.90 Å². The number of aliphatic hydroxyl groups excluding tert-OH is 1.